The van der Waals surface area contributed by atoms with Crippen LogP contribution in [0.15, 0.2) is 29.3 Å². The Labute approximate surface area is 176 Å². The second-order valence-corrected chi connectivity index (χ2v) is 6.68. The van der Waals surface area contributed by atoms with E-state index in [0.29, 0.717) is 12.3 Å². The standard InChI is InChI=1S/C20H15ClF3N3O3/c1-9-6-26-18(11(3)28)17(24)19(9)27-10(2)4-15(16(21)20(27)29)30-8-14-13(23)5-12(22)7-25-14/h4-7H,8H2,1-3H3/i8D2. The van der Waals surface area contributed by atoms with E-state index in [0.717, 1.165) is 17.6 Å². The van der Waals surface area contributed by atoms with Crippen LogP contribution in [0.2, 0.25) is 5.02 Å². The summed E-state index contributed by atoms with van der Waals surface area (Å²) in [6.45, 7) is 1.06. The normalized spacial score (nSPS) is 12.4. The Morgan fingerprint density at radius 2 is 1.93 bits per heavy atom. The van der Waals surface area contributed by atoms with Crippen LogP contribution in [-0.2, 0) is 6.56 Å². The molecule has 0 aliphatic rings. The van der Waals surface area contributed by atoms with Gasteiger partial charge in [0.25, 0.3) is 5.56 Å². The van der Waals surface area contributed by atoms with E-state index in [1.165, 1.54) is 20.0 Å². The molecule has 0 unspecified atom stereocenters. The molecule has 0 aliphatic carbocycles. The van der Waals surface area contributed by atoms with E-state index in [2.05, 4.69) is 9.97 Å². The predicted octanol–water partition coefficient (Wildman–Crippen LogP) is 4.10. The SMILES string of the molecule is [2H]C([2H])(Oc1cc(C)n(-c2c(C)cnc(C(C)=O)c2F)c(=O)c1Cl)c1ncc(F)cc1F. The zero-order valence-electron chi connectivity index (χ0n) is 17.9. The minimum absolute atomic E-state index is 0.0699. The van der Waals surface area contributed by atoms with Gasteiger partial charge in [-0.25, -0.2) is 18.2 Å². The van der Waals surface area contributed by atoms with Gasteiger partial charge in [0.05, 0.1) is 14.6 Å². The smallest absolute Gasteiger partial charge is 0.278 e. The lowest BCUT2D eigenvalue weighted by Crippen LogP contribution is -2.24. The van der Waals surface area contributed by atoms with Crippen LogP contribution in [0, 0.1) is 31.3 Å². The van der Waals surface area contributed by atoms with Crippen LogP contribution < -0.4 is 10.3 Å². The third kappa shape index (κ3) is 3.93. The molecule has 0 fully saturated rings. The van der Waals surface area contributed by atoms with Gasteiger partial charge in [-0.3, -0.25) is 19.1 Å². The summed E-state index contributed by atoms with van der Waals surface area (Å²) in [4.78, 5) is 31.7. The maximum Gasteiger partial charge on any atom is 0.278 e. The summed E-state index contributed by atoms with van der Waals surface area (Å²) < 4.78 is 64.0. The molecule has 3 heterocycles. The van der Waals surface area contributed by atoms with E-state index < -0.39 is 57.5 Å². The number of pyridine rings is 3. The highest BCUT2D eigenvalue weighted by atomic mass is 35.5. The van der Waals surface area contributed by atoms with Gasteiger partial charge in [-0.2, -0.15) is 0 Å². The van der Waals surface area contributed by atoms with Crippen molar-refractivity contribution < 1.29 is 25.4 Å². The molecule has 0 atom stereocenters. The molecule has 3 aromatic rings. The number of nitrogens with zero attached hydrogens (tertiary/aromatic N) is 3. The molecule has 0 aromatic carbocycles. The van der Waals surface area contributed by atoms with Crippen molar-refractivity contribution >= 4 is 17.4 Å². The lowest BCUT2D eigenvalue weighted by atomic mass is 10.1. The van der Waals surface area contributed by atoms with Crippen LogP contribution in [0.1, 0.15) is 37.1 Å². The minimum atomic E-state index is -2.92. The molecule has 3 aromatic heterocycles. The average Bonchev–Trinajstić information content (AvgIpc) is 2.67. The van der Waals surface area contributed by atoms with Crippen molar-refractivity contribution in [1.29, 1.82) is 0 Å². The van der Waals surface area contributed by atoms with Crippen molar-refractivity contribution in [2.75, 3.05) is 0 Å². The number of Topliss-reactive ketones (excluding diaryl/α,β-unsaturated/α-hetero) is 1. The molecule has 3 rings (SSSR count). The molecule has 0 saturated carbocycles. The molecule has 0 aliphatic heterocycles. The molecule has 0 N–H and O–H groups in total. The number of carbonyl (C=O) groups excluding carboxylic acids is 1. The Kier molecular flexibility index (Phi) is 5.18. The Morgan fingerprint density at radius 3 is 2.57 bits per heavy atom. The molecule has 0 radical (unpaired) electrons. The van der Waals surface area contributed by atoms with Gasteiger partial charge in [-0.05, 0) is 19.4 Å². The lowest BCUT2D eigenvalue weighted by molar-refractivity contribution is 0.100. The third-order valence-electron chi connectivity index (χ3n) is 4.10. The van der Waals surface area contributed by atoms with Gasteiger partial charge in [0.15, 0.2) is 17.4 Å². The zero-order valence-corrected chi connectivity index (χ0v) is 16.6. The summed E-state index contributed by atoms with van der Waals surface area (Å²) in [5.41, 5.74) is -2.26. The number of ketones is 1. The van der Waals surface area contributed by atoms with Crippen molar-refractivity contribution in [1.82, 2.24) is 14.5 Å². The number of hydrogen-bond acceptors (Lipinski definition) is 5. The van der Waals surface area contributed by atoms with Gasteiger partial charge >= 0.3 is 0 Å². The highest BCUT2D eigenvalue weighted by Gasteiger charge is 2.22. The molecule has 0 spiro atoms. The summed E-state index contributed by atoms with van der Waals surface area (Å²) in [6, 6.07) is 1.56. The molecule has 0 bridgehead atoms. The topological polar surface area (TPSA) is 74.1 Å². The lowest BCUT2D eigenvalue weighted by Gasteiger charge is -2.17. The Hall–Kier alpha value is -3.20. The summed E-state index contributed by atoms with van der Waals surface area (Å²) >= 11 is 6.08. The number of rotatable bonds is 5. The fourth-order valence-corrected chi connectivity index (χ4v) is 2.89. The second-order valence-electron chi connectivity index (χ2n) is 6.30. The molecule has 0 amide bonds. The van der Waals surface area contributed by atoms with Gasteiger partial charge < -0.3 is 4.74 Å². The zero-order chi connectivity index (χ0) is 24.0. The summed E-state index contributed by atoms with van der Waals surface area (Å²) in [5.74, 6) is -4.47. The van der Waals surface area contributed by atoms with Gasteiger partial charge in [-0.15, -0.1) is 0 Å². The molecular formula is C20H15ClF3N3O3. The molecular weight excluding hydrogens is 423 g/mol. The first-order valence-electron chi connectivity index (χ1n) is 9.44. The number of hydrogen-bond donors (Lipinski definition) is 0. The van der Waals surface area contributed by atoms with Gasteiger partial charge in [0.2, 0.25) is 0 Å². The first-order valence-corrected chi connectivity index (χ1v) is 8.82. The van der Waals surface area contributed by atoms with Gasteiger partial charge in [0.1, 0.15) is 34.5 Å². The van der Waals surface area contributed by atoms with E-state index >= 15 is 0 Å². The number of aryl methyl sites for hydroxylation is 2. The number of halogens is 4. The fraction of sp³-hybridized carbons (Fsp3) is 0.200. The first kappa shape index (κ1) is 18.8. The second kappa shape index (κ2) is 8.27. The minimum Gasteiger partial charge on any atom is -0.485 e. The third-order valence-corrected chi connectivity index (χ3v) is 4.45. The van der Waals surface area contributed by atoms with Crippen LogP contribution in [0.4, 0.5) is 13.2 Å². The quantitative estimate of drug-likeness (QED) is 0.560. The van der Waals surface area contributed by atoms with Gasteiger partial charge in [-0.1, -0.05) is 11.6 Å². The van der Waals surface area contributed by atoms with E-state index in [1.54, 1.807) is 0 Å². The van der Waals surface area contributed by atoms with E-state index in [1.807, 2.05) is 0 Å². The number of aromatic nitrogens is 3. The molecule has 30 heavy (non-hydrogen) atoms. The monoisotopic (exact) mass is 439 g/mol. The highest BCUT2D eigenvalue weighted by Crippen LogP contribution is 2.27. The van der Waals surface area contributed by atoms with Crippen LogP contribution in [0.3, 0.4) is 0 Å². The van der Waals surface area contributed by atoms with E-state index in [4.69, 9.17) is 19.1 Å². The van der Waals surface area contributed by atoms with Crippen molar-refractivity contribution in [3.63, 3.8) is 0 Å². The fourth-order valence-electron chi connectivity index (χ4n) is 2.71. The highest BCUT2D eigenvalue weighted by molar-refractivity contribution is 6.31. The Balaban J connectivity index is 2.15. The maximum absolute atomic E-state index is 15.0. The molecule has 6 nitrogen and oxygen atoms in total. The van der Waals surface area contributed by atoms with Crippen molar-refractivity contribution in [2.24, 2.45) is 0 Å². The number of carbonyl (C=O) groups is 1. The van der Waals surface area contributed by atoms with Crippen LogP contribution in [-0.4, -0.2) is 20.3 Å². The molecule has 0 saturated heterocycles. The van der Waals surface area contributed by atoms with Crippen LogP contribution >= 0.6 is 11.6 Å². The molecule has 156 valence electrons. The number of ether oxygens (including phenoxy) is 1. The Morgan fingerprint density at radius 1 is 1.23 bits per heavy atom. The maximum atomic E-state index is 15.0. The van der Waals surface area contributed by atoms with Crippen molar-refractivity contribution in [3.8, 4) is 11.4 Å². The summed E-state index contributed by atoms with van der Waals surface area (Å²) in [6.07, 6.45) is 1.83. The largest absolute Gasteiger partial charge is 0.485 e. The van der Waals surface area contributed by atoms with Crippen molar-refractivity contribution in [3.05, 3.63) is 80.0 Å². The molecule has 10 heteroatoms. The predicted molar refractivity (Wildman–Crippen MR) is 103 cm³/mol. The first-order chi connectivity index (χ1) is 14.8. The summed E-state index contributed by atoms with van der Waals surface area (Å²) in [7, 11) is 0. The van der Waals surface area contributed by atoms with E-state index in [-0.39, 0.29) is 16.9 Å². The van der Waals surface area contributed by atoms with E-state index in [9.17, 15) is 22.8 Å². The van der Waals surface area contributed by atoms with Crippen LogP contribution in [0.25, 0.3) is 5.69 Å². The summed E-state index contributed by atoms with van der Waals surface area (Å²) in [5, 5.41) is -0.637. The van der Waals surface area contributed by atoms with Gasteiger partial charge in [0, 0.05) is 30.9 Å². The average molecular weight is 440 g/mol. The Bertz CT molecular complexity index is 1320. The van der Waals surface area contributed by atoms with Crippen molar-refractivity contribution in [2.45, 2.75) is 27.3 Å². The van der Waals surface area contributed by atoms with Crippen LogP contribution in [0.5, 0.6) is 5.75 Å².